The van der Waals surface area contributed by atoms with E-state index in [1.807, 2.05) is 0 Å². The number of benzene rings is 9. The first-order valence-corrected chi connectivity index (χ1v) is 19.4. The zero-order chi connectivity index (χ0) is 36.7. The molecule has 0 atom stereocenters. The molecule has 2 aliphatic carbocycles. The molecule has 1 aromatic heterocycles. The molecule has 0 N–H and O–H groups in total. The van der Waals surface area contributed by atoms with E-state index in [1.165, 1.54) is 88.6 Å². The fourth-order valence-electron chi connectivity index (χ4n) is 9.47. The van der Waals surface area contributed by atoms with Crippen LogP contribution in [-0.2, 0) is 0 Å². The van der Waals surface area contributed by atoms with Gasteiger partial charge >= 0.3 is 0 Å². The van der Waals surface area contributed by atoms with Crippen LogP contribution in [0.4, 0.5) is 17.1 Å². The Kier molecular flexibility index (Phi) is 6.66. The summed E-state index contributed by atoms with van der Waals surface area (Å²) in [5.41, 5.74) is 22.4. The van der Waals surface area contributed by atoms with Crippen molar-refractivity contribution < 1.29 is 0 Å². The van der Waals surface area contributed by atoms with Crippen LogP contribution < -0.4 is 4.90 Å². The first-order chi connectivity index (χ1) is 27.8. The maximum absolute atomic E-state index is 2.42. The van der Waals surface area contributed by atoms with E-state index in [9.17, 15) is 0 Å². The predicted molar refractivity (Wildman–Crippen MR) is 235 cm³/mol. The molecule has 0 amide bonds. The van der Waals surface area contributed by atoms with Gasteiger partial charge < -0.3 is 9.47 Å². The molecule has 2 heteroatoms. The second-order valence-electron chi connectivity index (χ2n) is 14.9. The summed E-state index contributed by atoms with van der Waals surface area (Å²) < 4.78 is 2.37. The van der Waals surface area contributed by atoms with Crippen molar-refractivity contribution >= 4 is 38.9 Å². The van der Waals surface area contributed by atoms with Crippen molar-refractivity contribution in [1.82, 2.24) is 4.57 Å². The van der Waals surface area contributed by atoms with Gasteiger partial charge in [0.05, 0.1) is 11.0 Å². The molecule has 56 heavy (non-hydrogen) atoms. The fraction of sp³-hybridized carbons (Fsp3) is 0. The van der Waals surface area contributed by atoms with E-state index in [4.69, 9.17) is 0 Å². The quantitative estimate of drug-likeness (QED) is 0.173. The maximum Gasteiger partial charge on any atom is 0.0542 e. The molecule has 0 spiro atoms. The van der Waals surface area contributed by atoms with Gasteiger partial charge in [0.25, 0.3) is 0 Å². The number of hydrogen-bond acceptors (Lipinski definition) is 1. The molecule has 2 aliphatic rings. The van der Waals surface area contributed by atoms with Crippen molar-refractivity contribution in [2.75, 3.05) is 4.90 Å². The number of aromatic nitrogens is 1. The molecule has 0 aliphatic heterocycles. The topological polar surface area (TPSA) is 8.17 Å². The lowest BCUT2D eigenvalue weighted by molar-refractivity contribution is 1.18. The molecule has 0 saturated carbocycles. The summed E-state index contributed by atoms with van der Waals surface area (Å²) in [4.78, 5) is 2.37. The highest BCUT2D eigenvalue weighted by atomic mass is 15.1. The van der Waals surface area contributed by atoms with Gasteiger partial charge in [-0.3, -0.25) is 0 Å². The van der Waals surface area contributed by atoms with Gasteiger partial charge in [-0.25, -0.2) is 0 Å². The maximum atomic E-state index is 2.42. The van der Waals surface area contributed by atoms with Crippen molar-refractivity contribution in [1.29, 1.82) is 0 Å². The number of hydrogen-bond donors (Lipinski definition) is 0. The average Bonchev–Trinajstić information content (AvgIpc) is 3.54. The molecule has 10 aromatic rings. The molecular weight excluding hydrogens is 677 g/mol. The van der Waals surface area contributed by atoms with Gasteiger partial charge in [-0.2, -0.15) is 0 Å². The molecule has 1 heterocycles. The minimum Gasteiger partial charge on any atom is -0.310 e. The smallest absolute Gasteiger partial charge is 0.0542 e. The summed E-state index contributed by atoms with van der Waals surface area (Å²) in [6, 6.07) is 75.7. The Morgan fingerprint density at radius 1 is 0.286 bits per heavy atom. The lowest BCUT2D eigenvalue weighted by atomic mass is 9.83. The van der Waals surface area contributed by atoms with Gasteiger partial charge in [0.1, 0.15) is 0 Å². The van der Waals surface area contributed by atoms with Crippen molar-refractivity contribution in [2.45, 2.75) is 0 Å². The first kappa shape index (κ1) is 31.0. The van der Waals surface area contributed by atoms with Crippen LogP contribution in [0.2, 0.25) is 0 Å². The Balaban J connectivity index is 0.987. The molecule has 0 fully saturated rings. The Morgan fingerprint density at radius 3 is 1.55 bits per heavy atom. The Bertz CT molecular complexity index is 3150. The van der Waals surface area contributed by atoms with Crippen LogP contribution in [-0.4, -0.2) is 4.57 Å². The van der Waals surface area contributed by atoms with Crippen LogP contribution >= 0.6 is 0 Å². The molecular formula is C54H34N2. The molecule has 2 nitrogen and oxygen atoms in total. The summed E-state index contributed by atoms with van der Waals surface area (Å²) in [7, 11) is 0. The fourth-order valence-corrected chi connectivity index (χ4v) is 9.47. The van der Waals surface area contributed by atoms with Crippen molar-refractivity contribution in [2.24, 2.45) is 0 Å². The third-order valence-corrected chi connectivity index (χ3v) is 11.9. The average molecular weight is 711 g/mol. The SMILES string of the molecule is c1ccc(N(c2ccc(-c3ccc4c(c3)-c3c5cccc3-c3cccc-4c3-c3ccccc3-5)cc2)c2ccc3c(c2)c2ccccc2n3-c2ccccc2)cc1. The summed E-state index contributed by atoms with van der Waals surface area (Å²) >= 11 is 0. The zero-order valence-corrected chi connectivity index (χ0v) is 30.5. The third kappa shape index (κ3) is 4.50. The summed E-state index contributed by atoms with van der Waals surface area (Å²) in [6.45, 7) is 0. The lowest BCUT2D eigenvalue weighted by Gasteiger charge is -2.26. The molecule has 0 unspecified atom stereocenters. The molecule has 0 saturated heterocycles. The Labute approximate surface area is 325 Å². The van der Waals surface area contributed by atoms with Crippen LogP contribution in [0.25, 0.3) is 94.3 Å². The van der Waals surface area contributed by atoms with E-state index in [2.05, 4.69) is 216 Å². The van der Waals surface area contributed by atoms with Gasteiger partial charge in [-0.1, -0.05) is 140 Å². The largest absolute Gasteiger partial charge is 0.310 e. The van der Waals surface area contributed by atoms with Crippen LogP contribution in [0.1, 0.15) is 0 Å². The van der Waals surface area contributed by atoms with Crippen molar-refractivity contribution in [3.63, 3.8) is 0 Å². The number of fused-ring (bicyclic) bond motifs is 7. The first-order valence-electron chi connectivity index (χ1n) is 19.4. The monoisotopic (exact) mass is 710 g/mol. The van der Waals surface area contributed by atoms with Gasteiger partial charge in [0.15, 0.2) is 0 Å². The van der Waals surface area contributed by atoms with E-state index >= 15 is 0 Å². The highest BCUT2D eigenvalue weighted by molar-refractivity contribution is 6.15. The second kappa shape index (κ2) is 12.0. The second-order valence-corrected chi connectivity index (χ2v) is 14.9. The van der Waals surface area contributed by atoms with Crippen LogP contribution in [0.3, 0.4) is 0 Å². The van der Waals surface area contributed by atoms with Gasteiger partial charge in [-0.05, 0) is 133 Å². The van der Waals surface area contributed by atoms with Gasteiger partial charge in [-0.15, -0.1) is 0 Å². The highest BCUT2D eigenvalue weighted by Crippen LogP contribution is 2.57. The minimum atomic E-state index is 1.11. The number of rotatable bonds is 5. The van der Waals surface area contributed by atoms with Crippen molar-refractivity contribution in [3.8, 4) is 72.4 Å². The highest BCUT2D eigenvalue weighted by Gasteiger charge is 2.30. The summed E-state index contributed by atoms with van der Waals surface area (Å²) in [6.07, 6.45) is 0. The summed E-state index contributed by atoms with van der Waals surface area (Å²) in [5, 5.41) is 2.47. The number of para-hydroxylation sites is 3. The zero-order valence-electron chi connectivity index (χ0n) is 30.5. The van der Waals surface area contributed by atoms with Crippen LogP contribution in [0.15, 0.2) is 206 Å². The van der Waals surface area contributed by atoms with E-state index in [-0.39, 0.29) is 0 Å². The van der Waals surface area contributed by atoms with E-state index in [0.717, 1.165) is 22.7 Å². The Hall–Kier alpha value is -7.42. The molecule has 12 rings (SSSR count). The van der Waals surface area contributed by atoms with Gasteiger partial charge in [0, 0.05) is 33.5 Å². The third-order valence-electron chi connectivity index (χ3n) is 11.9. The normalized spacial score (nSPS) is 11.9. The number of nitrogens with zero attached hydrogens (tertiary/aromatic N) is 2. The molecule has 9 aromatic carbocycles. The van der Waals surface area contributed by atoms with Crippen molar-refractivity contribution in [3.05, 3.63) is 206 Å². The lowest BCUT2D eigenvalue weighted by Crippen LogP contribution is -2.09. The standard InChI is InChI=1S/C54H34N2/c1-3-13-37(14-4-1)55(40-30-32-52-49(34-40)43-18-9-10-24-51(43)56(52)38-15-5-2-6-16-38)39-28-25-35(26-29-39)36-27-31-42-46-21-12-22-47-48-23-11-20-45(54(48)50(42)33-36)41-17-7-8-19-44(41)53(46)47/h1-34H. The minimum absolute atomic E-state index is 1.11. The molecule has 0 radical (unpaired) electrons. The van der Waals surface area contributed by atoms with Gasteiger partial charge in [0.2, 0.25) is 0 Å². The number of anilines is 3. The summed E-state index contributed by atoms with van der Waals surface area (Å²) in [5.74, 6) is 0. The Morgan fingerprint density at radius 2 is 0.804 bits per heavy atom. The molecule has 6 bridgehead atoms. The van der Waals surface area contributed by atoms with E-state index in [0.29, 0.717) is 0 Å². The molecule has 260 valence electrons. The van der Waals surface area contributed by atoms with E-state index in [1.54, 1.807) is 0 Å². The van der Waals surface area contributed by atoms with Crippen LogP contribution in [0.5, 0.6) is 0 Å². The predicted octanol–water partition coefficient (Wildman–Crippen LogP) is 14.9. The van der Waals surface area contributed by atoms with Crippen LogP contribution in [0, 0.1) is 0 Å². The van der Waals surface area contributed by atoms with E-state index < -0.39 is 0 Å².